The van der Waals surface area contributed by atoms with Crippen molar-refractivity contribution in [2.45, 2.75) is 58.2 Å². The summed E-state index contributed by atoms with van der Waals surface area (Å²) in [5.74, 6) is 0. The van der Waals surface area contributed by atoms with Crippen molar-refractivity contribution >= 4 is 13.3 Å². The minimum atomic E-state index is -1.19. The van der Waals surface area contributed by atoms with Crippen LogP contribution in [0.25, 0.3) is 0 Å². The summed E-state index contributed by atoms with van der Waals surface area (Å²) < 4.78 is 0. The maximum absolute atomic E-state index is 3.14. The highest BCUT2D eigenvalue weighted by Gasteiger charge is 2.27. The van der Waals surface area contributed by atoms with Crippen molar-refractivity contribution in [3.05, 3.63) is 30.3 Å². The van der Waals surface area contributed by atoms with Crippen LogP contribution in [0.1, 0.15) is 39.5 Å². The minimum Gasteiger partial charge on any atom is -0.0654 e. The lowest BCUT2D eigenvalue weighted by molar-refractivity contribution is 0.834. The van der Waals surface area contributed by atoms with Gasteiger partial charge in [-0.15, -0.1) is 0 Å². The van der Waals surface area contributed by atoms with Crippen LogP contribution in [0.5, 0.6) is 0 Å². The van der Waals surface area contributed by atoms with E-state index in [2.05, 4.69) is 50.7 Å². The summed E-state index contributed by atoms with van der Waals surface area (Å²) in [4.78, 5) is 0. The minimum absolute atomic E-state index is 1.19. The van der Waals surface area contributed by atoms with Crippen molar-refractivity contribution in [2.24, 2.45) is 0 Å². The van der Waals surface area contributed by atoms with E-state index in [1.807, 2.05) is 0 Å². The van der Waals surface area contributed by atoms with E-state index < -0.39 is 8.07 Å². The van der Waals surface area contributed by atoms with Gasteiger partial charge in [0.1, 0.15) is 0 Å². The predicted molar refractivity (Wildman–Crippen MR) is 76.0 cm³/mol. The van der Waals surface area contributed by atoms with Crippen LogP contribution >= 0.6 is 0 Å². The molecular formula is C15H25Si. The molecule has 0 N–H and O–H groups in total. The summed E-state index contributed by atoms with van der Waals surface area (Å²) in [5, 5.41) is 1.63. The lowest BCUT2D eigenvalue weighted by Gasteiger charge is -2.28. The van der Waals surface area contributed by atoms with Gasteiger partial charge in [0, 0.05) is 0 Å². The van der Waals surface area contributed by atoms with E-state index in [1.54, 1.807) is 5.19 Å². The Hall–Kier alpha value is -0.563. The Morgan fingerprint density at radius 2 is 1.50 bits per heavy atom. The summed E-state index contributed by atoms with van der Waals surface area (Å²) in [5.41, 5.74) is 0. The van der Waals surface area contributed by atoms with Crippen molar-refractivity contribution in [1.29, 1.82) is 0 Å². The Morgan fingerprint density at radius 1 is 1.00 bits per heavy atom. The van der Waals surface area contributed by atoms with E-state index >= 15 is 0 Å². The molecule has 0 atom stereocenters. The van der Waals surface area contributed by atoms with Gasteiger partial charge in [-0.25, -0.2) is 0 Å². The largest absolute Gasteiger partial charge is 0.0836 e. The first-order valence-corrected chi connectivity index (χ1v) is 9.61. The molecule has 1 aromatic rings. The van der Waals surface area contributed by atoms with Gasteiger partial charge in [0.05, 0.1) is 8.07 Å². The maximum Gasteiger partial charge on any atom is 0.0836 e. The van der Waals surface area contributed by atoms with E-state index in [0.29, 0.717) is 0 Å². The van der Waals surface area contributed by atoms with Crippen LogP contribution in [0.4, 0.5) is 0 Å². The first kappa shape index (κ1) is 13.5. The van der Waals surface area contributed by atoms with Crippen LogP contribution in [-0.4, -0.2) is 8.07 Å². The van der Waals surface area contributed by atoms with Crippen LogP contribution in [0.3, 0.4) is 0 Å². The summed E-state index contributed by atoms with van der Waals surface area (Å²) >= 11 is 0. The molecular weight excluding hydrogens is 208 g/mol. The molecule has 0 aromatic heterocycles. The van der Waals surface area contributed by atoms with Gasteiger partial charge in [-0.05, 0) is 6.07 Å². The molecule has 0 amide bonds. The van der Waals surface area contributed by atoms with Crippen molar-refractivity contribution in [1.82, 2.24) is 0 Å². The third-order valence-corrected chi connectivity index (χ3v) is 8.22. The summed E-state index contributed by atoms with van der Waals surface area (Å²) in [6, 6.07) is 14.8. The molecule has 89 valence electrons. The zero-order valence-electron chi connectivity index (χ0n) is 11.1. The molecule has 1 aromatic carbocycles. The van der Waals surface area contributed by atoms with Crippen molar-refractivity contribution in [2.75, 3.05) is 0 Å². The van der Waals surface area contributed by atoms with Crippen molar-refractivity contribution < 1.29 is 0 Å². The van der Waals surface area contributed by atoms with Gasteiger partial charge in [0.2, 0.25) is 0 Å². The molecule has 16 heavy (non-hydrogen) atoms. The molecule has 0 spiro atoms. The van der Waals surface area contributed by atoms with Crippen LogP contribution in [0.15, 0.2) is 24.3 Å². The number of unbranched alkanes of at least 4 members (excludes halogenated alkanes) is 2. The van der Waals surface area contributed by atoms with Gasteiger partial charge < -0.3 is 0 Å². The summed E-state index contributed by atoms with van der Waals surface area (Å²) in [7, 11) is -1.19. The second-order valence-corrected chi connectivity index (χ2v) is 9.76. The van der Waals surface area contributed by atoms with E-state index in [4.69, 9.17) is 0 Å². The Labute approximate surface area is 102 Å². The van der Waals surface area contributed by atoms with Gasteiger partial charge in [-0.1, -0.05) is 87.6 Å². The summed E-state index contributed by atoms with van der Waals surface area (Å²) in [6.45, 7) is 7.16. The Bertz CT molecular complexity index is 271. The average Bonchev–Trinajstić information content (AvgIpc) is 2.35. The highest BCUT2D eigenvalue weighted by molar-refractivity contribution is 6.90. The van der Waals surface area contributed by atoms with Crippen LogP contribution in [0.2, 0.25) is 18.6 Å². The van der Waals surface area contributed by atoms with E-state index in [0.717, 1.165) is 0 Å². The Kier molecular flexibility index (Phi) is 5.82. The molecule has 0 aliphatic rings. The predicted octanol–water partition coefficient (Wildman–Crippen LogP) is 4.37. The molecule has 1 rings (SSSR count). The first-order chi connectivity index (χ1) is 7.73. The number of hydrogen-bond acceptors (Lipinski definition) is 0. The van der Waals surface area contributed by atoms with Crippen molar-refractivity contribution in [3.63, 3.8) is 0 Å². The normalized spacial score (nSPS) is 11.7. The smallest absolute Gasteiger partial charge is 0.0654 e. The maximum atomic E-state index is 3.14. The van der Waals surface area contributed by atoms with Crippen LogP contribution in [0, 0.1) is 6.07 Å². The number of rotatable bonds is 7. The van der Waals surface area contributed by atoms with E-state index in [1.165, 1.54) is 37.8 Å². The highest BCUT2D eigenvalue weighted by atomic mass is 28.3. The molecule has 1 radical (unpaired) electrons. The van der Waals surface area contributed by atoms with Gasteiger partial charge in [-0.2, -0.15) is 0 Å². The number of benzene rings is 1. The molecule has 0 nitrogen and oxygen atoms in total. The van der Waals surface area contributed by atoms with Crippen LogP contribution < -0.4 is 5.19 Å². The topological polar surface area (TPSA) is 0 Å². The molecule has 0 saturated carbocycles. The fourth-order valence-electron chi connectivity index (χ4n) is 2.34. The van der Waals surface area contributed by atoms with Gasteiger partial charge in [-0.3, -0.25) is 0 Å². The molecule has 0 saturated heterocycles. The second kappa shape index (κ2) is 6.90. The molecule has 0 aliphatic heterocycles. The fraction of sp³-hybridized carbons (Fsp3) is 0.600. The van der Waals surface area contributed by atoms with Gasteiger partial charge in [0.25, 0.3) is 0 Å². The molecule has 0 heterocycles. The Balaban J connectivity index is 2.77. The third-order valence-electron chi connectivity index (χ3n) is 3.58. The first-order valence-electron chi connectivity index (χ1n) is 6.69. The molecule has 0 fully saturated rings. The molecule has 0 aliphatic carbocycles. The van der Waals surface area contributed by atoms with Gasteiger partial charge >= 0.3 is 0 Å². The lowest BCUT2D eigenvalue weighted by Crippen LogP contribution is -2.44. The van der Waals surface area contributed by atoms with Crippen molar-refractivity contribution in [3.8, 4) is 0 Å². The Morgan fingerprint density at radius 3 is 1.94 bits per heavy atom. The zero-order chi connectivity index (χ0) is 11.9. The fourth-order valence-corrected chi connectivity index (χ4v) is 6.40. The van der Waals surface area contributed by atoms with Crippen LogP contribution in [-0.2, 0) is 0 Å². The quantitative estimate of drug-likeness (QED) is 0.613. The molecule has 1 heteroatoms. The van der Waals surface area contributed by atoms with Gasteiger partial charge in [0.15, 0.2) is 0 Å². The summed E-state index contributed by atoms with van der Waals surface area (Å²) in [6.07, 6.45) is 5.44. The van der Waals surface area contributed by atoms with E-state index in [9.17, 15) is 0 Å². The second-order valence-electron chi connectivity index (χ2n) is 5.06. The average molecular weight is 233 g/mol. The molecule has 0 bridgehead atoms. The lowest BCUT2D eigenvalue weighted by atomic mass is 10.4. The highest BCUT2D eigenvalue weighted by Crippen LogP contribution is 2.21. The number of hydrogen-bond donors (Lipinski definition) is 0. The monoisotopic (exact) mass is 233 g/mol. The zero-order valence-corrected chi connectivity index (χ0v) is 12.1. The molecule has 0 unspecified atom stereocenters. The SMILES string of the molecule is CCCC[Si](C)(CCCC)c1cc[c]cc1. The standard InChI is InChI=1S/C15H25Si/c1-4-6-13-16(3,14-7-5-2)15-11-9-8-10-12-15/h9-12H,4-7,13-14H2,1-3H3. The van der Waals surface area contributed by atoms with E-state index in [-0.39, 0.29) is 0 Å². The third kappa shape index (κ3) is 3.78.